The number of amides is 1. The van der Waals surface area contributed by atoms with Crippen molar-refractivity contribution in [2.24, 2.45) is 0 Å². The third kappa shape index (κ3) is 2.72. The Hall–Kier alpha value is -2.41. The molecule has 2 aromatic rings. The van der Waals surface area contributed by atoms with Gasteiger partial charge in [0.2, 0.25) is 5.91 Å². The Morgan fingerprint density at radius 1 is 1.30 bits per heavy atom. The van der Waals surface area contributed by atoms with Gasteiger partial charge in [-0.2, -0.15) is 0 Å². The van der Waals surface area contributed by atoms with Gasteiger partial charge in [0.05, 0.1) is 10.9 Å². The number of nitrogens with one attached hydrogen (secondary N) is 1. The summed E-state index contributed by atoms with van der Waals surface area (Å²) in [5, 5.41) is 1.14. The molecule has 7 heteroatoms. The normalized spacial score (nSPS) is 22.4. The number of hydrogen-bond donors (Lipinski definition) is 1. The van der Waals surface area contributed by atoms with Crippen LogP contribution >= 0.6 is 0 Å². The fourth-order valence-electron chi connectivity index (χ4n) is 4.72. The molecule has 1 aliphatic carbocycles. The Morgan fingerprint density at radius 2 is 2.11 bits per heavy atom. The molecule has 142 valence electrons. The molecule has 1 saturated carbocycles. The average molecular weight is 367 g/mol. The summed E-state index contributed by atoms with van der Waals surface area (Å²) in [6.45, 7) is 7.62. The summed E-state index contributed by atoms with van der Waals surface area (Å²) in [6.07, 6.45) is 9.36. The number of aromatic nitrogens is 3. The standard InChI is InChI=1S/C20H25N5O2/c1-2-16(26)25-8-7-24(12-20(25)5-6-20)19-17-15(14-3-9-27-10-4-14)11-21-18(17)22-13-23-19/h2,11,13-14H,1,3-10,12H2,(H,21,22,23). The Balaban J connectivity index is 1.49. The molecule has 1 N–H and O–H groups in total. The number of ether oxygens (including phenoxy) is 1. The van der Waals surface area contributed by atoms with E-state index in [9.17, 15) is 4.79 Å². The van der Waals surface area contributed by atoms with Gasteiger partial charge in [0.25, 0.3) is 0 Å². The zero-order chi connectivity index (χ0) is 18.4. The summed E-state index contributed by atoms with van der Waals surface area (Å²) in [7, 11) is 0. The Labute approximate surface area is 158 Å². The first kappa shape index (κ1) is 16.7. The zero-order valence-electron chi connectivity index (χ0n) is 15.5. The van der Waals surface area contributed by atoms with E-state index in [1.165, 1.54) is 11.6 Å². The maximum Gasteiger partial charge on any atom is 0.246 e. The van der Waals surface area contributed by atoms with Crippen molar-refractivity contribution in [1.29, 1.82) is 0 Å². The van der Waals surface area contributed by atoms with E-state index in [0.29, 0.717) is 12.5 Å². The summed E-state index contributed by atoms with van der Waals surface area (Å²) >= 11 is 0. The van der Waals surface area contributed by atoms with Gasteiger partial charge in [-0.05, 0) is 43.2 Å². The van der Waals surface area contributed by atoms with Crippen molar-refractivity contribution in [3.63, 3.8) is 0 Å². The molecule has 1 spiro atoms. The minimum absolute atomic E-state index is 0.0457. The summed E-state index contributed by atoms with van der Waals surface area (Å²) in [6, 6.07) is 0. The van der Waals surface area contributed by atoms with Gasteiger partial charge in [-0.15, -0.1) is 0 Å². The number of H-pyrrole nitrogens is 1. The Bertz CT molecular complexity index is 882. The van der Waals surface area contributed by atoms with E-state index in [2.05, 4.69) is 32.6 Å². The highest BCUT2D eigenvalue weighted by Crippen LogP contribution is 2.46. The molecule has 3 fully saturated rings. The lowest BCUT2D eigenvalue weighted by molar-refractivity contribution is -0.129. The fourth-order valence-corrected chi connectivity index (χ4v) is 4.72. The van der Waals surface area contributed by atoms with Crippen molar-refractivity contribution in [1.82, 2.24) is 19.9 Å². The number of anilines is 1. The van der Waals surface area contributed by atoms with Gasteiger partial charge in [0, 0.05) is 39.0 Å². The smallest absolute Gasteiger partial charge is 0.246 e. The number of rotatable bonds is 3. The largest absolute Gasteiger partial charge is 0.381 e. The average Bonchev–Trinajstić information content (AvgIpc) is 3.33. The monoisotopic (exact) mass is 367 g/mol. The first-order valence-electron chi connectivity index (χ1n) is 9.80. The van der Waals surface area contributed by atoms with Crippen LogP contribution in [0.2, 0.25) is 0 Å². The van der Waals surface area contributed by atoms with E-state index < -0.39 is 0 Å². The van der Waals surface area contributed by atoms with Crippen molar-refractivity contribution in [2.75, 3.05) is 37.7 Å². The van der Waals surface area contributed by atoms with Crippen LogP contribution in [-0.4, -0.2) is 64.1 Å². The van der Waals surface area contributed by atoms with Crippen LogP contribution in [0, 0.1) is 0 Å². The highest BCUT2D eigenvalue weighted by atomic mass is 16.5. The molecule has 0 atom stereocenters. The van der Waals surface area contributed by atoms with Gasteiger partial charge in [-0.3, -0.25) is 4.79 Å². The lowest BCUT2D eigenvalue weighted by atomic mass is 9.92. The van der Waals surface area contributed by atoms with Crippen LogP contribution in [0.15, 0.2) is 25.2 Å². The van der Waals surface area contributed by atoms with Crippen LogP contribution in [-0.2, 0) is 9.53 Å². The number of fused-ring (bicyclic) bond motifs is 1. The van der Waals surface area contributed by atoms with Crippen LogP contribution in [0.3, 0.4) is 0 Å². The maximum atomic E-state index is 12.2. The topological polar surface area (TPSA) is 74.4 Å². The molecule has 3 aliphatic rings. The highest BCUT2D eigenvalue weighted by molar-refractivity contribution is 5.92. The predicted molar refractivity (Wildman–Crippen MR) is 103 cm³/mol. The molecule has 2 saturated heterocycles. The second-order valence-corrected chi connectivity index (χ2v) is 7.89. The second kappa shape index (κ2) is 6.34. The molecular formula is C20H25N5O2. The van der Waals surface area contributed by atoms with Crippen molar-refractivity contribution in [2.45, 2.75) is 37.1 Å². The van der Waals surface area contributed by atoms with Gasteiger partial charge < -0.3 is 19.5 Å². The van der Waals surface area contributed by atoms with Crippen LogP contribution in [0.1, 0.15) is 37.2 Å². The van der Waals surface area contributed by atoms with Gasteiger partial charge in [0.1, 0.15) is 17.8 Å². The van der Waals surface area contributed by atoms with Crippen molar-refractivity contribution < 1.29 is 9.53 Å². The fraction of sp³-hybridized carbons (Fsp3) is 0.550. The highest BCUT2D eigenvalue weighted by Gasteiger charge is 2.53. The summed E-state index contributed by atoms with van der Waals surface area (Å²) < 4.78 is 5.54. The van der Waals surface area contributed by atoms with Crippen LogP contribution in [0.25, 0.3) is 11.0 Å². The van der Waals surface area contributed by atoms with Gasteiger partial charge in [-0.25, -0.2) is 9.97 Å². The molecule has 2 aliphatic heterocycles. The maximum absolute atomic E-state index is 12.2. The molecule has 1 amide bonds. The summed E-state index contributed by atoms with van der Waals surface area (Å²) in [5.41, 5.74) is 2.16. The minimum Gasteiger partial charge on any atom is -0.381 e. The molecule has 0 aromatic carbocycles. The predicted octanol–water partition coefficient (Wildman–Crippen LogP) is 2.22. The number of carbonyl (C=O) groups excluding carboxylic acids is 1. The van der Waals surface area contributed by atoms with Gasteiger partial charge in [-0.1, -0.05) is 6.58 Å². The SMILES string of the molecule is C=CC(=O)N1CCN(c2ncnc3[nH]cc(C4CCOCC4)c23)CC12CC2. The minimum atomic E-state index is -0.0457. The van der Waals surface area contributed by atoms with E-state index >= 15 is 0 Å². The van der Waals surface area contributed by atoms with Gasteiger partial charge >= 0.3 is 0 Å². The molecule has 7 nitrogen and oxygen atoms in total. The molecule has 0 unspecified atom stereocenters. The number of nitrogens with zero attached hydrogens (tertiary/aromatic N) is 4. The number of hydrogen-bond acceptors (Lipinski definition) is 5. The van der Waals surface area contributed by atoms with E-state index in [1.54, 1.807) is 6.33 Å². The summed E-state index contributed by atoms with van der Waals surface area (Å²) in [5.74, 6) is 1.53. The molecule has 27 heavy (non-hydrogen) atoms. The van der Waals surface area contributed by atoms with Crippen LogP contribution in [0.4, 0.5) is 5.82 Å². The lowest BCUT2D eigenvalue weighted by Crippen LogP contribution is -2.57. The molecule has 4 heterocycles. The lowest BCUT2D eigenvalue weighted by Gasteiger charge is -2.42. The quantitative estimate of drug-likeness (QED) is 0.842. The van der Waals surface area contributed by atoms with E-state index in [-0.39, 0.29) is 11.4 Å². The van der Waals surface area contributed by atoms with Crippen LogP contribution < -0.4 is 4.90 Å². The molecule has 0 bridgehead atoms. The van der Waals surface area contributed by atoms with E-state index in [0.717, 1.165) is 68.8 Å². The third-order valence-corrected chi connectivity index (χ3v) is 6.36. The first-order chi connectivity index (χ1) is 13.2. The van der Waals surface area contributed by atoms with Crippen molar-refractivity contribution in [3.05, 3.63) is 30.7 Å². The summed E-state index contributed by atoms with van der Waals surface area (Å²) in [4.78, 5) is 29.1. The first-order valence-corrected chi connectivity index (χ1v) is 9.80. The van der Waals surface area contributed by atoms with Crippen LogP contribution in [0.5, 0.6) is 0 Å². The third-order valence-electron chi connectivity index (χ3n) is 6.36. The number of carbonyl (C=O) groups is 1. The Kier molecular flexibility index (Phi) is 3.93. The van der Waals surface area contributed by atoms with Gasteiger partial charge in [0.15, 0.2) is 0 Å². The molecule has 2 aromatic heterocycles. The Morgan fingerprint density at radius 3 is 2.85 bits per heavy atom. The second-order valence-electron chi connectivity index (χ2n) is 7.89. The van der Waals surface area contributed by atoms with Crippen molar-refractivity contribution in [3.8, 4) is 0 Å². The van der Waals surface area contributed by atoms with E-state index in [1.807, 2.05) is 4.90 Å². The number of aromatic amines is 1. The van der Waals surface area contributed by atoms with E-state index in [4.69, 9.17) is 4.74 Å². The molecule has 0 radical (unpaired) electrons. The molecular weight excluding hydrogens is 342 g/mol. The number of piperazine rings is 1. The zero-order valence-corrected chi connectivity index (χ0v) is 15.5. The molecule has 5 rings (SSSR count). The van der Waals surface area contributed by atoms with Crippen molar-refractivity contribution >= 4 is 22.8 Å².